The summed E-state index contributed by atoms with van der Waals surface area (Å²) in [6.45, 7) is 3.84. The van der Waals surface area contributed by atoms with Crippen LogP contribution >= 0.6 is 0 Å². The Kier molecular flexibility index (Phi) is 3.72. The van der Waals surface area contributed by atoms with Gasteiger partial charge >= 0.3 is 0 Å². The number of ketones is 1. The number of Topliss-reactive ketones (excluding diaryl/α,β-unsaturated/α-hetero) is 1. The second-order valence-corrected chi connectivity index (χ2v) is 4.16. The first-order valence-corrected chi connectivity index (χ1v) is 5.81. The van der Waals surface area contributed by atoms with Gasteiger partial charge in [0.15, 0.2) is 5.78 Å². The fourth-order valence-electron chi connectivity index (χ4n) is 1.64. The molecule has 0 N–H and O–H groups in total. The Labute approximate surface area is 106 Å². The molecule has 0 aliphatic carbocycles. The molecule has 92 valence electrons. The molecule has 0 atom stereocenters. The number of benzene rings is 1. The van der Waals surface area contributed by atoms with Crippen molar-refractivity contribution in [2.75, 3.05) is 0 Å². The van der Waals surface area contributed by atoms with Crippen molar-refractivity contribution >= 4 is 5.78 Å². The van der Waals surface area contributed by atoms with Crippen LogP contribution in [0.3, 0.4) is 0 Å². The number of hydrogen-bond donors (Lipinski definition) is 0. The van der Waals surface area contributed by atoms with Crippen molar-refractivity contribution in [3.05, 3.63) is 59.4 Å². The van der Waals surface area contributed by atoms with E-state index in [9.17, 15) is 4.79 Å². The van der Waals surface area contributed by atoms with Gasteiger partial charge in [0.1, 0.15) is 18.1 Å². The quantitative estimate of drug-likeness (QED) is 0.772. The number of pyridine rings is 1. The van der Waals surface area contributed by atoms with Crippen LogP contribution in [0.4, 0.5) is 0 Å². The van der Waals surface area contributed by atoms with Crippen LogP contribution in [0, 0.1) is 6.92 Å². The lowest BCUT2D eigenvalue weighted by molar-refractivity contribution is 0.101. The zero-order chi connectivity index (χ0) is 13.0. The zero-order valence-corrected chi connectivity index (χ0v) is 10.5. The summed E-state index contributed by atoms with van der Waals surface area (Å²) in [5.74, 6) is 0.625. The van der Waals surface area contributed by atoms with E-state index in [0.29, 0.717) is 18.1 Å². The Hall–Kier alpha value is -2.16. The Morgan fingerprint density at radius 3 is 2.61 bits per heavy atom. The van der Waals surface area contributed by atoms with Gasteiger partial charge in [0.05, 0.1) is 0 Å². The number of rotatable bonds is 4. The monoisotopic (exact) mass is 241 g/mol. The number of ether oxygens (including phenoxy) is 1. The third kappa shape index (κ3) is 3.17. The van der Waals surface area contributed by atoms with Crippen molar-refractivity contribution in [3.63, 3.8) is 0 Å². The van der Waals surface area contributed by atoms with Crippen LogP contribution < -0.4 is 4.74 Å². The standard InChI is InChI=1S/C15H15NO2/c1-11-8-14(9-15(16-11)12(2)17)18-10-13-6-4-3-5-7-13/h3-9H,10H2,1-2H3. The number of nitrogens with zero attached hydrogens (tertiary/aromatic N) is 1. The zero-order valence-electron chi connectivity index (χ0n) is 10.5. The fraction of sp³-hybridized carbons (Fsp3) is 0.200. The molecule has 0 fully saturated rings. The van der Waals surface area contributed by atoms with Gasteiger partial charge in [-0.1, -0.05) is 30.3 Å². The molecule has 0 bridgehead atoms. The molecule has 0 saturated heterocycles. The van der Waals surface area contributed by atoms with Crippen molar-refractivity contribution in [2.24, 2.45) is 0 Å². The first-order chi connectivity index (χ1) is 8.65. The summed E-state index contributed by atoms with van der Waals surface area (Å²) in [6.07, 6.45) is 0. The van der Waals surface area contributed by atoms with Crippen LogP contribution in [-0.4, -0.2) is 10.8 Å². The third-order valence-corrected chi connectivity index (χ3v) is 2.54. The van der Waals surface area contributed by atoms with Gasteiger partial charge in [-0.05, 0) is 12.5 Å². The predicted molar refractivity (Wildman–Crippen MR) is 69.8 cm³/mol. The van der Waals surface area contributed by atoms with Crippen LogP contribution in [0.15, 0.2) is 42.5 Å². The van der Waals surface area contributed by atoms with Crippen LogP contribution in [0.2, 0.25) is 0 Å². The van der Waals surface area contributed by atoms with Crippen LogP contribution in [0.5, 0.6) is 5.75 Å². The van der Waals surface area contributed by atoms with E-state index in [4.69, 9.17) is 4.74 Å². The normalized spacial score (nSPS) is 10.1. The average molecular weight is 241 g/mol. The van der Waals surface area contributed by atoms with Crippen LogP contribution in [-0.2, 0) is 6.61 Å². The molecule has 0 unspecified atom stereocenters. The molecule has 2 aromatic rings. The summed E-state index contributed by atoms with van der Waals surface area (Å²) in [5.41, 5.74) is 2.32. The second kappa shape index (κ2) is 5.45. The molecule has 0 radical (unpaired) electrons. The van der Waals surface area contributed by atoms with E-state index in [1.165, 1.54) is 6.92 Å². The maximum atomic E-state index is 11.3. The third-order valence-electron chi connectivity index (χ3n) is 2.54. The number of carbonyl (C=O) groups is 1. The predicted octanol–water partition coefficient (Wildman–Crippen LogP) is 3.17. The molecule has 0 aliphatic heterocycles. The lowest BCUT2D eigenvalue weighted by atomic mass is 10.2. The molecule has 1 heterocycles. The van der Waals surface area contributed by atoms with Gasteiger partial charge in [-0.3, -0.25) is 4.79 Å². The highest BCUT2D eigenvalue weighted by molar-refractivity contribution is 5.92. The van der Waals surface area contributed by atoms with Gasteiger partial charge in [0.2, 0.25) is 0 Å². The Morgan fingerprint density at radius 2 is 1.94 bits per heavy atom. The maximum Gasteiger partial charge on any atom is 0.178 e. The number of aryl methyl sites for hydroxylation is 1. The van der Waals surface area contributed by atoms with Gasteiger partial charge in [0, 0.05) is 24.8 Å². The van der Waals surface area contributed by atoms with Crippen molar-refractivity contribution in [1.29, 1.82) is 0 Å². The molecular weight excluding hydrogens is 226 g/mol. The molecule has 0 aliphatic rings. The number of hydrogen-bond acceptors (Lipinski definition) is 3. The minimum atomic E-state index is -0.0525. The highest BCUT2D eigenvalue weighted by Gasteiger charge is 2.05. The largest absolute Gasteiger partial charge is 0.489 e. The summed E-state index contributed by atoms with van der Waals surface area (Å²) >= 11 is 0. The van der Waals surface area contributed by atoms with Crippen molar-refractivity contribution in [2.45, 2.75) is 20.5 Å². The summed E-state index contributed by atoms with van der Waals surface area (Å²) in [4.78, 5) is 15.5. The lowest BCUT2D eigenvalue weighted by Crippen LogP contribution is -2.01. The van der Waals surface area contributed by atoms with E-state index in [-0.39, 0.29) is 5.78 Å². The highest BCUT2D eigenvalue weighted by Crippen LogP contribution is 2.16. The van der Waals surface area contributed by atoms with Gasteiger partial charge in [-0.25, -0.2) is 4.98 Å². The van der Waals surface area contributed by atoms with Crippen molar-refractivity contribution in [3.8, 4) is 5.75 Å². The number of aromatic nitrogens is 1. The molecule has 0 spiro atoms. The summed E-state index contributed by atoms with van der Waals surface area (Å²) in [5, 5.41) is 0. The smallest absolute Gasteiger partial charge is 0.178 e. The lowest BCUT2D eigenvalue weighted by Gasteiger charge is -2.08. The van der Waals surface area contributed by atoms with Crippen molar-refractivity contribution in [1.82, 2.24) is 4.98 Å². The first-order valence-electron chi connectivity index (χ1n) is 5.81. The molecule has 0 amide bonds. The molecule has 1 aromatic carbocycles. The molecule has 1 aromatic heterocycles. The van der Waals surface area contributed by atoms with Crippen LogP contribution in [0.25, 0.3) is 0 Å². The van der Waals surface area contributed by atoms with Gasteiger partial charge in [0.25, 0.3) is 0 Å². The minimum Gasteiger partial charge on any atom is -0.489 e. The van der Waals surface area contributed by atoms with E-state index in [1.54, 1.807) is 6.07 Å². The molecular formula is C15H15NO2. The topological polar surface area (TPSA) is 39.2 Å². The van der Waals surface area contributed by atoms with Gasteiger partial charge in [-0.15, -0.1) is 0 Å². The Bertz CT molecular complexity index is 550. The summed E-state index contributed by atoms with van der Waals surface area (Å²) in [7, 11) is 0. The van der Waals surface area contributed by atoms with E-state index < -0.39 is 0 Å². The van der Waals surface area contributed by atoms with Crippen LogP contribution in [0.1, 0.15) is 28.7 Å². The van der Waals surface area contributed by atoms with E-state index in [2.05, 4.69) is 4.98 Å². The SMILES string of the molecule is CC(=O)c1cc(OCc2ccccc2)cc(C)n1. The molecule has 3 heteroatoms. The maximum absolute atomic E-state index is 11.3. The van der Waals surface area contributed by atoms with Crippen molar-refractivity contribution < 1.29 is 9.53 Å². The average Bonchev–Trinajstić information content (AvgIpc) is 2.37. The van der Waals surface area contributed by atoms with E-state index in [0.717, 1.165) is 11.3 Å². The second-order valence-electron chi connectivity index (χ2n) is 4.16. The Morgan fingerprint density at radius 1 is 1.22 bits per heavy atom. The molecule has 3 nitrogen and oxygen atoms in total. The van der Waals surface area contributed by atoms with E-state index in [1.807, 2.05) is 43.3 Å². The van der Waals surface area contributed by atoms with Gasteiger partial charge in [-0.2, -0.15) is 0 Å². The van der Waals surface area contributed by atoms with E-state index >= 15 is 0 Å². The number of carbonyl (C=O) groups excluding carboxylic acids is 1. The first kappa shape index (κ1) is 12.3. The minimum absolute atomic E-state index is 0.0525. The molecule has 18 heavy (non-hydrogen) atoms. The summed E-state index contributed by atoms with van der Waals surface area (Å²) in [6, 6.07) is 13.4. The highest BCUT2D eigenvalue weighted by atomic mass is 16.5. The Balaban J connectivity index is 2.12. The molecule has 2 rings (SSSR count). The summed E-state index contributed by atoms with van der Waals surface area (Å²) < 4.78 is 5.67. The molecule has 0 saturated carbocycles. The fourth-order valence-corrected chi connectivity index (χ4v) is 1.64. The van der Waals surface area contributed by atoms with Gasteiger partial charge < -0.3 is 4.74 Å².